The van der Waals surface area contributed by atoms with Crippen molar-refractivity contribution in [1.29, 1.82) is 0 Å². The predicted molar refractivity (Wildman–Crippen MR) is 146 cm³/mol. The lowest BCUT2D eigenvalue weighted by Crippen LogP contribution is -2.47. The van der Waals surface area contributed by atoms with Crippen molar-refractivity contribution in [1.82, 2.24) is 14.9 Å². The van der Waals surface area contributed by atoms with Gasteiger partial charge < -0.3 is 24.8 Å². The van der Waals surface area contributed by atoms with Crippen LogP contribution in [0.25, 0.3) is 0 Å². The van der Waals surface area contributed by atoms with Crippen molar-refractivity contribution in [3.63, 3.8) is 0 Å². The van der Waals surface area contributed by atoms with Crippen LogP contribution in [0.5, 0.6) is 11.6 Å². The van der Waals surface area contributed by atoms with Crippen molar-refractivity contribution >= 4 is 27.2 Å². The molecule has 0 radical (unpaired) electrons. The second kappa shape index (κ2) is 12.5. The Balaban J connectivity index is 1.52. The van der Waals surface area contributed by atoms with Gasteiger partial charge in [0.25, 0.3) is 0 Å². The molecule has 2 aromatic heterocycles. The predicted octanol–water partition coefficient (Wildman–Crippen LogP) is 5.52. The van der Waals surface area contributed by atoms with Crippen LogP contribution in [0.3, 0.4) is 0 Å². The lowest BCUT2D eigenvalue weighted by Gasteiger charge is -2.35. The summed E-state index contributed by atoms with van der Waals surface area (Å²) in [4.78, 5) is 12.1. The topological polar surface area (TPSA) is 83.0 Å². The number of nitrogens with one attached hydrogen (secondary N) is 1. The molecule has 8 nitrogen and oxygen atoms in total. The van der Waals surface area contributed by atoms with Gasteiger partial charge in [-0.3, -0.25) is 4.90 Å². The van der Waals surface area contributed by atoms with Gasteiger partial charge in [-0.2, -0.15) is 13.2 Å². The molecule has 1 fully saturated rings. The van der Waals surface area contributed by atoms with Gasteiger partial charge >= 0.3 is 6.18 Å². The number of benzene rings is 1. The molecule has 0 bridgehead atoms. The van der Waals surface area contributed by atoms with Crippen LogP contribution < -0.4 is 15.0 Å². The lowest BCUT2D eigenvalue weighted by molar-refractivity contribution is -0.140. The van der Waals surface area contributed by atoms with Crippen molar-refractivity contribution in [3.05, 3.63) is 53.9 Å². The SMILES string of the molecule is CC(C)(C)c1ccccc1Oc1ncccc1Nc1nc(C(F)(F)F)c(N2CCN(CCOCCO)CC2)s1. The van der Waals surface area contributed by atoms with Crippen molar-refractivity contribution in [2.75, 3.05) is 62.8 Å². The molecule has 1 aliphatic heterocycles. The van der Waals surface area contributed by atoms with Crippen molar-refractivity contribution < 1.29 is 27.8 Å². The van der Waals surface area contributed by atoms with E-state index in [2.05, 4.69) is 41.0 Å². The number of anilines is 3. The summed E-state index contributed by atoms with van der Waals surface area (Å²) in [7, 11) is 0. The highest BCUT2D eigenvalue weighted by molar-refractivity contribution is 7.19. The second-order valence-electron chi connectivity index (χ2n) is 10.2. The zero-order chi connectivity index (χ0) is 28.0. The molecule has 1 saturated heterocycles. The minimum atomic E-state index is -4.60. The number of hydrogen-bond donors (Lipinski definition) is 2. The molecule has 2 N–H and O–H groups in total. The molecule has 0 unspecified atom stereocenters. The fraction of sp³-hybridized carbons (Fsp3) is 0.481. The molecule has 0 amide bonds. The zero-order valence-electron chi connectivity index (χ0n) is 22.3. The number of piperazine rings is 1. The van der Waals surface area contributed by atoms with Gasteiger partial charge in [0, 0.05) is 44.5 Å². The van der Waals surface area contributed by atoms with Crippen molar-refractivity contribution in [3.8, 4) is 11.6 Å². The molecule has 1 aromatic carbocycles. The third-order valence-corrected chi connectivity index (χ3v) is 7.27. The number of ether oxygens (including phenoxy) is 2. The summed E-state index contributed by atoms with van der Waals surface area (Å²) in [6.07, 6.45) is -3.02. The Morgan fingerprint density at radius 1 is 1.03 bits per heavy atom. The fourth-order valence-corrected chi connectivity index (χ4v) is 5.31. The molecule has 12 heteroatoms. The van der Waals surface area contributed by atoms with Crippen LogP contribution in [0.2, 0.25) is 0 Å². The molecule has 0 saturated carbocycles. The maximum absolute atomic E-state index is 14.0. The Kier molecular flexibility index (Phi) is 9.31. The number of aliphatic hydroxyl groups is 1. The molecule has 0 atom stereocenters. The molecule has 212 valence electrons. The summed E-state index contributed by atoms with van der Waals surface area (Å²) >= 11 is 0.965. The molecule has 0 spiro atoms. The van der Waals surface area contributed by atoms with E-state index >= 15 is 0 Å². The Bertz CT molecular complexity index is 1220. The summed E-state index contributed by atoms with van der Waals surface area (Å²) in [5.41, 5.74) is 0.319. The molecule has 3 heterocycles. The second-order valence-corrected chi connectivity index (χ2v) is 11.1. The van der Waals surface area contributed by atoms with Crippen LogP contribution in [0.4, 0.5) is 29.0 Å². The van der Waals surface area contributed by atoms with Gasteiger partial charge in [-0.1, -0.05) is 50.3 Å². The number of thiazole rings is 1. The van der Waals surface area contributed by atoms with Gasteiger partial charge in [-0.05, 0) is 23.6 Å². The van der Waals surface area contributed by atoms with Gasteiger partial charge in [0.05, 0.1) is 19.8 Å². The number of aliphatic hydroxyl groups excluding tert-OH is 1. The van der Waals surface area contributed by atoms with Crippen LogP contribution in [-0.4, -0.2) is 72.5 Å². The van der Waals surface area contributed by atoms with E-state index in [1.165, 1.54) is 0 Å². The van der Waals surface area contributed by atoms with Crippen molar-refractivity contribution in [2.24, 2.45) is 0 Å². The fourth-order valence-electron chi connectivity index (χ4n) is 4.26. The standard InChI is InChI=1S/C27H34F3N5O3S/c1-26(2,3)19-7-4-5-9-21(19)38-23-20(8-6-10-31-23)32-25-33-22(27(28,29)30)24(39-25)35-13-11-34(12-14-35)15-17-37-18-16-36/h4-10,36H,11-18H2,1-3H3,(H,32,33). The van der Waals surface area contributed by atoms with E-state index < -0.39 is 11.9 Å². The Labute approximate surface area is 230 Å². The van der Waals surface area contributed by atoms with Gasteiger partial charge in [0.1, 0.15) is 16.4 Å². The maximum atomic E-state index is 14.0. The first-order valence-electron chi connectivity index (χ1n) is 12.8. The summed E-state index contributed by atoms with van der Waals surface area (Å²) in [6.45, 7) is 9.70. The van der Waals surface area contributed by atoms with Crippen LogP contribution in [0.15, 0.2) is 42.6 Å². The minimum absolute atomic E-state index is 0.0351. The molecule has 4 rings (SSSR count). The summed E-state index contributed by atoms with van der Waals surface area (Å²) < 4.78 is 53.5. The number of halogens is 3. The molecule has 0 aliphatic carbocycles. The normalized spacial score (nSPS) is 15.0. The number of aromatic nitrogens is 2. The van der Waals surface area contributed by atoms with Gasteiger partial charge in [0.2, 0.25) is 5.88 Å². The number of nitrogens with zero attached hydrogens (tertiary/aromatic N) is 4. The van der Waals surface area contributed by atoms with Gasteiger partial charge in [-0.15, -0.1) is 0 Å². The highest BCUT2D eigenvalue weighted by Gasteiger charge is 2.40. The number of para-hydroxylation sites is 1. The van der Waals surface area contributed by atoms with E-state index in [9.17, 15) is 13.2 Å². The van der Waals surface area contributed by atoms with E-state index in [-0.39, 0.29) is 34.6 Å². The third kappa shape index (κ3) is 7.59. The number of hydrogen-bond acceptors (Lipinski definition) is 9. The lowest BCUT2D eigenvalue weighted by atomic mass is 9.86. The first kappa shape index (κ1) is 29.1. The largest absolute Gasteiger partial charge is 0.437 e. The summed E-state index contributed by atoms with van der Waals surface area (Å²) in [6, 6.07) is 11.0. The zero-order valence-corrected chi connectivity index (χ0v) is 23.1. The van der Waals surface area contributed by atoms with E-state index in [0.717, 1.165) is 16.9 Å². The summed E-state index contributed by atoms with van der Waals surface area (Å²) in [5, 5.41) is 12.0. The Hall–Kier alpha value is -2.93. The molecular weight excluding hydrogens is 531 g/mol. The number of pyridine rings is 1. The van der Waals surface area contributed by atoms with Crippen LogP contribution in [-0.2, 0) is 16.3 Å². The average Bonchev–Trinajstić information content (AvgIpc) is 3.32. The maximum Gasteiger partial charge on any atom is 0.436 e. The van der Waals surface area contributed by atoms with Crippen LogP contribution >= 0.6 is 11.3 Å². The third-order valence-electron chi connectivity index (χ3n) is 6.24. The smallest absolute Gasteiger partial charge is 0.436 e. The Morgan fingerprint density at radius 2 is 1.77 bits per heavy atom. The highest BCUT2D eigenvalue weighted by Crippen LogP contribution is 2.44. The molecular formula is C27H34F3N5O3S. The van der Waals surface area contributed by atoms with Crippen LogP contribution in [0.1, 0.15) is 32.0 Å². The summed E-state index contributed by atoms with van der Waals surface area (Å²) in [5.74, 6) is 0.874. The molecule has 3 aromatic rings. The first-order valence-corrected chi connectivity index (χ1v) is 13.6. The minimum Gasteiger partial charge on any atom is -0.437 e. The first-order chi connectivity index (χ1) is 18.6. The molecule has 1 aliphatic rings. The average molecular weight is 566 g/mol. The quantitative estimate of drug-likeness (QED) is 0.311. The molecule has 39 heavy (non-hydrogen) atoms. The monoisotopic (exact) mass is 565 g/mol. The number of rotatable bonds is 10. The van der Waals surface area contributed by atoms with Crippen molar-refractivity contribution in [2.45, 2.75) is 32.4 Å². The van der Waals surface area contributed by atoms with Gasteiger partial charge in [0.15, 0.2) is 10.8 Å². The Morgan fingerprint density at radius 3 is 2.46 bits per heavy atom. The van der Waals surface area contributed by atoms with E-state index in [0.29, 0.717) is 50.8 Å². The highest BCUT2D eigenvalue weighted by atomic mass is 32.1. The van der Waals surface area contributed by atoms with Crippen LogP contribution in [0, 0.1) is 0 Å². The van der Waals surface area contributed by atoms with E-state index in [4.69, 9.17) is 14.6 Å². The van der Waals surface area contributed by atoms with E-state index in [1.54, 1.807) is 23.2 Å². The number of alkyl halides is 3. The van der Waals surface area contributed by atoms with Gasteiger partial charge in [-0.25, -0.2) is 9.97 Å². The van der Waals surface area contributed by atoms with E-state index in [1.807, 2.05) is 24.3 Å².